The lowest BCUT2D eigenvalue weighted by Gasteiger charge is -2.15. The summed E-state index contributed by atoms with van der Waals surface area (Å²) in [4.78, 5) is 31.3. The Balaban J connectivity index is 3.86. The molecule has 13 heavy (non-hydrogen) atoms. The van der Waals surface area contributed by atoms with E-state index in [4.69, 9.17) is 0 Å². The lowest BCUT2D eigenvalue weighted by Crippen LogP contribution is -2.43. The van der Waals surface area contributed by atoms with Gasteiger partial charge >= 0.3 is 0 Å². The molecule has 0 spiro atoms. The molecule has 0 rings (SSSR count). The highest BCUT2D eigenvalue weighted by atomic mass is 16.2. The van der Waals surface area contributed by atoms with E-state index >= 15 is 0 Å². The van der Waals surface area contributed by atoms with Crippen molar-refractivity contribution in [3.63, 3.8) is 0 Å². The molecule has 0 aromatic carbocycles. The highest BCUT2D eigenvalue weighted by Gasteiger charge is 2.13. The molecule has 2 amide bonds. The van der Waals surface area contributed by atoms with Gasteiger partial charge in [-0.15, -0.1) is 0 Å². The number of nitrogens with one attached hydrogen (secondary N) is 2. The summed E-state index contributed by atoms with van der Waals surface area (Å²) in [6.45, 7) is 3.56. The molecule has 0 aromatic heterocycles. The second kappa shape index (κ2) is 6.16. The molecule has 0 aliphatic carbocycles. The van der Waals surface area contributed by atoms with Crippen LogP contribution in [0.15, 0.2) is 0 Å². The number of carbonyl (C=O) groups is 3. The zero-order chi connectivity index (χ0) is 10.3. The molecular formula is C8H14N2O3. The minimum atomic E-state index is -0.485. The largest absolute Gasteiger partial charge is 0.350 e. The van der Waals surface area contributed by atoms with Gasteiger partial charge in [-0.1, -0.05) is 13.8 Å². The molecule has 74 valence electrons. The van der Waals surface area contributed by atoms with Gasteiger partial charge in [-0.25, -0.2) is 0 Å². The maximum absolute atomic E-state index is 11.0. The number of hydrogen-bond acceptors (Lipinski definition) is 3. The lowest BCUT2D eigenvalue weighted by molar-refractivity contribution is -0.125. The van der Waals surface area contributed by atoms with Crippen molar-refractivity contribution in [2.45, 2.75) is 19.9 Å². The van der Waals surface area contributed by atoms with Gasteiger partial charge in [0.05, 0.1) is 12.6 Å². The van der Waals surface area contributed by atoms with Crippen molar-refractivity contribution >= 4 is 18.6 Å². The van der Waals surface area contributed by atoms with Crippen LogP contribution in [0.5, 0.6) is 0 Å². The molecule has 1 unspecified atom stereocenters. The predicted molar refractivity (Wildman–Crippen MR) is 46.9 cm³/mol. The molecule has 0 saturated heterocycles. The average Bonchev–Trinajstić information content (AvgIpc) is 2.10. The van der Waals surface area contributed by atoms with Crippen molar-refractivity contribution in [1.82, 2.24) is 10.6 Å². The van der Waals surface area contributed by atoms with Crippen LogP contribution in [0.4, 0.5) is 0 Å². The fourth-order valence-electron chi connectivity index (χ4n) is 0.729. The van der Waals surface area contributed by atoms with Gasteiger partial charge in [0.15, 0.2) is 0 Å². The zero-order valence-corrected chi connectivity index (χ0v) is 7.74. The normalized spacial score (nSPS) is 11.9. The van der Waals surface area contributed by atoms with Crippen LogP contribution in [0.1, 0.15) is 13.8 Å². The average molecular weight is 186 g/mol. The second-order valence-corrected chi connectivity index (χ2v) is 2.97. The quantitative estimate of drug-likeness (QED) is 0.526. The van der Waals surface area contributed by atoms with Crippen molar-refractivity contribution in [2.75, 3.05) is 6.54 Å². The molecule has 0 bridgehead atoms. The van der Waals surface area contributed by atoms with E-state index in [0.717, 1.165) is 0 Å². The van der Waals surface area contributed by atoms with Crippen LogP contribution in [-0.2, 0) is 14.4 Å². The van der Waals surface area contributed by atoms with Gasteiger partial charge in [-0.2, -0.15) is 0 Å². The lowest BCUT2D eigenvalue weighted by atomic mass is 10.1. The minimum Gasteiger partial charge on any atom is -0.350 e. The number of carbonyl (C=O) groups excluding carboxylic acids is 3. The van der Waals surface area contributed by atoms with E-state index in [1.54, 1.807) is 0 Å². The number of rotatable bonds is 6. The number of aldehydes is 1. The third kappa shape index (κ3) is 4.95. The van der Waals surface area contributed by atoms with E-state index in [0.29, 0.717) is 12.7 Å². The highest BCUT2D eigenvalue weighted by Crippen LogP contribution is 1.97. The summed E-state index contributed by atoms with van der Waals surface area (Å²) in [6.07, 6.45) is 1.12. The SMILES string of the molecule is CC(C)C(C=O)NC(=O)CNC=O. The maximum atomic E-state index is 11.0. The van der Waals surface area contributed by atoms with Crippen LogP contribution in [0, 0.1) is 5.92 Å². The Hall–Kier alpha value is -1.39. The van der Waals surface area contributed by atoms with Crippen LogP contribution in [0.25, 0.3) is 0 Å². The monoisotopic (exact) mass is 186 g/mol. The fourth-order valence-corrected chi connectivity index (χ4v) is 0.729. The molecule has 0 aliphatic heterocycles. The molecule has 5 heteroatoms. The van der Waals surface area contributed by atoms with Crippen molar-refractivity contribution < 1.29 is 14.4 Å². The van der Waals surface area contributed by atoms with E-state index in [1.165, 1.54) is 0 Å². The molecule has 0 saturated carbocycles. The third-order valence-corrected chi connectivity index (χ3v) is 1.54. The fraction of sp³-hybridized carbons (Fsp3) is 0.625. The molecule has 0 radical (unpaired) electrons. The maximum Gasteiger partial charge on any atom is 0.239 e. The van der Waals surface area contributed by atoms with Gasteiger partial charge in [0.2, 0.25) is 12.3 Å². The molecule has 5 nitrogen and oxygen atoms in total. The van der Waals surface area contributed by atoms with Gasteiger partial charge in [-0.05, 0) is 5.92 Å². The number of amides is 2. The summed E-state index contributed by atoms with van der Waals surface area (Å²) in [5, 5.41) is 4.68. The molecule has 0 heterocycles. The van der Waals surface area contributed by atoms with Crippen LogP contribution in [0.3, 0.4) is 0 Å². The van der Waals surface area contributed by atoms with Gasteiger partial charge in [0.25, 0.3) is 0 Å². The van der Waals surface area contributed by atoms with Gasteiger partial charge in [-0.3, -0.25) is 9.59 Å². The standard InChI is InChI=1S/C8H14N2O3/c1-6(2)7(4-11)10-8(13)3-9-5-12/h4-7H,3H2,1-2H3,(H,9,12)(H,10,13). The predicted octanol–water partition coefficient (Wildman–Crippen LogP) is -0.928. The second-order valence-electron chi connectivity index (χ2n) is 2.97. The van der Waals surface area contributed by atoms with Crippen molar-refractivity contribution in [3.8, 4) is 0 Å². The van der Waals surface area contributed by atoms with E-state index < -0.39 is 6.04 Å². The summed E-state index contributed by atoms with van der Waals surface area (Å²) < 4.78 is 0. The Morgan fingerprint density at radius 1 is 1.38 bits per heavy atom. The summed E-state index contributed by atoms with van der Waals surface area (Å²) in [5.41, 5.74) is 0. The molecule has 1 atom stereocenters. The van der Waals surface area contributed by atoms with Crippen molar-refractivity contribution in [2.24, 2.45) is 5.92 Å². The van der Waals surface area contributed by atoms with Crippen LogP contribution < -0.4 is 10.6 Å². The Morgan fingerprint density at radius 3 is 2.38 bits per heavy atom. The first-order valence-electron chi connectivity index (χ1n) is 4.03. The Labute approximate surface area is 76.9 Å². The van der Waals surface area contributed by atoms with Crippen molar-refractivity contribution in [3.05, 3.63) is 0 Å². The molecule has 0 aliphatic rings. The van der Waals surface area contributed by atoms with Crippen LogP contribution >= 0.6 is 0 Å². The Kier molecular flexibility index (Phi) is 5.50. The first-order chi connectivity index (χ1) is 6.11. The highest BCUT2D eigenvalue weighted by molar-refractivity contribution is 5.82. The smallest absolute Gasteiger partial charge is 0.239 e. The summed E-state index contributed by atoms with van der Waals surface area (Å²) in [5.74, 6) is -0.310. The molecule has 0 fully saturated rings. The van der Waals surface area contributed by atoms with Crippen molar-refractivity contribution in [1.29, 1.82) is 0 Å². The molecule has 0 aromatic rings. The minimum absolute atomic E-state index is 0.0534. The first kappa shape index (κ1) is 11.6. The molecular weight excluding hydrogens is 172 g/mol. The van der Waals surface area contributed by atoms with Crippen LogP contribution in [0.2, 0.25) is 0 Å². The zero-order valence-electron chi connectivity index (χ0n) is 7.74. The number of hydrogen-bond donors (Lipinski definition) is 2. The third-order valence-electron chi connectivity index (χ3n) is 1.54. The van der Waals surface area contributed by atoms with E-state index in [2.05, 4.69) is 10.6 Å². The Morgan fingerprint density at radius 2 is 2.00 bits per heavy atom. The molecule has 2 N–H and O–H groups in total. The topological polar surface area (TPSA) is 75.3 Å². The Bertz CT molecular complexity index is 192. The summed E-state index contributed by atoms with van der Waals surface area (Å²) in [6, 6.07) is -0.485. The summed E-state index contributed by atoms with van der Waals surface area (Å²) >= 11 is 0. The van der Waals surface area contributed by atoms with Gasteiger partial charge in [0.1, 0.15) is 6.29 Å². The van der Waals surface area contributed by atoms with Crippen LogP contribution in [-0.4, -0.2) is 31.2 Å². The van der Waals surface area contributed by atoms with E-state index in [1.807, 2.05) is 13.8 Å². The van der Waals surface area contributed by atoms with Gasteiger partial charge in [0, 0.05) is 0 Å². The first-order valence-corrected chi connectivity index (χ1v) is 4.03. The van der Waals surface area contributed by atoms with Gasteiger partial charge < -0.3 is 15.4 Å². The summed E-state index contributed by atoms with van der Waals surface area (Å²) in [7, 11) is 0. The van der Waals surface area contributed by atoms with E-state index in [9.17, 15) is 14.4 Å². The van der Waals surface area contributed by atoms with E-state index in [-0.39, 0.29) is 18.4 Å².